The van der Waals surface area contributed by atoms with Crippen LogP contribution in [0, 0.1) is 0 Å². The van der Waals surface area contributed by atoms with Gasteiger partial charge < -0.3 is 14.1 Å². The molecule has 0 aliphatic rings. The summed E-state index contributed by atoms with van der Waals surface area (Å²) in [6, 6.07) is 12.6. The number of nitrogens with zero attached hydrogens (tertiary/aromatic N) is 1. The van der Waals surface area contributed by atoms with Crippen LogP contribution in [-0.4, -0.2) is 25.0 Å². The summed E-state index contributed by atoms with van der Waals surface area (Å²) >= 11 is 3.17. The summed E-state index contributed by atoms with van der Waals surface area (Å²) in [5.74, 6) is -0.410. The minimum atomic E-state index is -0.888. The van der Waals surface area contributed by atoms with Gasteiger partial charge in [-0.25, -0.2) is 4.79 Å². The SMILES string of the molecule is C[C@H](OC(=O)/C=C/c1ccc(Br)o1)C(=O)N(C)c1ccccc1. The van der Waals surface area contributed by atoms with E-state index in [-0.39, 0.29) is 5.91 Å². The monoisotopic (exact) mass is 377 g/mol. The van der Waals surface area contributed by atoms with Gasteiger partial charge in [-0.1, -0.05) is 18.2 Å². The van der Waals surface area contributed by atoms with Gasteiger partial charge in [-0.3, -0.25) is 4.79 Å². The van der Waals surface area contributed by atoms with Gasteiger partial charge in [-0.2, -0.15) is 0 Å². The standard InChI is InChI=1S/C17H16BrNO4/c1-12(17(21)19(2)13-6-4-3-5-7-13)22-16(20)11-9-14-8-10-15(18)23-14/h3-12H,1-2H3/b11-9+/t12-/m0/s1. The van der Waals surface area contributed by atoms with E-state index in [9.17, 15) is 9.59 Å². The third kappa shape index (κ3) is 4.82. The highest BCUT2D eigenvalue weighted by Crippen LogP contribution is 2.16. The average Bonchev–Trinajstić information content (AvgIpc) is 2.97. The molecule has 0 bridgehead atoms. The Morgan fingerprint density at radius 3 is 2.52 bits per heavy atom. The molecular weight excluding hydrogens is 362 g/mol. The molecule has 1 heterocycles. The number of halogens is 1. The molecule has 5 nitrogen and oxygen atoms in total. The van der Waals surface area contributed by atoms with Crippen LogP contribution in [0.15, 0.2) is 57.6 Å². The summed E-state index contributed by atoms with van der Waals surface area (Å²) in [5, 5.41) is 0. The average molecular weight is 378 g/mol. The minimum absolute atomic E-state index is 0.307. The van der Waals surface area contributed by atoms with Gasteiger partial charge in [0.25, 0.3) is 5.91 Å². The van der Waals surface area contributed by atoms with Crippen molar-refractivity contribution in [3.05, 3.63) is 59.0 Å². The van der Waals surface area contributed by atoms with E-state index in [0.717, 1.165) is 5.69 Å². The van der Waals surface area contributed by atoms with Crippen LogP contribution < -0.4 is 4.90 Å². The van der Waals surface area contributed by atoms with Crippen LogP contribution in [0.3, 0.4) is 0 Å². The van der Waals surface area contributed by atoms with E-state index in [0.29, 0.717) is 10.4 Å². The van der Waals surface area contributed by atoms with Crippen LogP contribution in [0.4, 0.5) is 5.69 Å². The Labute approximate surface area is 142 Å². The molecule has 2 rings (SSSR count). The number of hydrogen-bond acceptors (Lipinski definition) is 4. The number of hydrogen-bond donors (Lipinski definition) is 0. The van der Waals surface area contributed by atoms with Crippen molar-refractivity contribution in [2.75, 3.05) is 11.9 Å². The van der Waals surface area contributed by atoms with E-state index in [1.807, 2.05) is 18.2 Å². The van der Waals surface area contributed by atoms with E-state index in [1.165, 1.54) is 24.0 Å². The third-order valence-corrected chi connectivity index (χ3v) is 3.52. The first-order chi connectivity index (χ1) is 11.0. The van der Waals surface area contributed by atoms with E-state index >= 15 is 0 Å². The molecular formula is C17H16BrNO4. The quantitative estimate of drug-likeness (QED) is 0.589. The van der Waals surface area contributed by atoms with Gasteiger partial charge in [-0.15, -0.1) is 0 Å². The van der Waals surface area contributed by atoms with E-state index < -0.39 is 12.1 Å². The maximum atomic E-state index is 12.3. The first-order valence-electron chi connectivity index (χ1n) is 6.94. The number of likely N-dealkylation sites (N-methyl/N-ethyl adjacent to an activating group) is 1. The maximum absolute atomic E-state index is 12.3. The molecule has 120 valence electrons. The van der Waals surface area contributed by atoms with Crippen LogP contribution in [0.5, 0.6) is 0 Å². The third-order valence-electron chi connectivity index (χ3n) is 3.09. The predicted molar refractivity (Wildman–Crippen MR) is 90.8 cm³/mol. The number of carbonyl (C=O) groups is 2. The molecule has 1 amide bonds. The summed E-state index contributed by atoms with van der Waals surface area (Å²) < 4.78 is 10.9. The fourth-order valence-corrected chi connectivity index (χ4v) is 2.20. The Morgan fingerprint density at radius 2 is 1.91 bits per heavy atom. The Hall–Kier alpha value is -2.34. The summed E-state index contributed by atoms with van der Waals surface area (Å²) in [6.07, 6.45) is 1.81. The van der Waals surface area contributed by atoms with Crippen molar-refractivity contribution in [2.45, 2.75) is 13.0 Å². The van der Waals surface area contributed by atoms with Crippen molar-refractivity contribution in [3.63, 3.8) is 0 Å². The molecule has 1 aromatic heterocycles. The van der Waals surface area contributed by atoms with Crippen molar-refractivity contribution >= 4 is 39.6 Å². The Morgan fingerprint density at radius 1 is 1.22 bits per heavy atom. The number of anilines is 1. The van der Waals surface area contributed by atoms with Gasteiger partial charge in [0.05, 0.1) is 0 Å². The van der Waals surface area contributed by atoms with Crippen molar-refractivity contribution < 1.29 is 18.7 Å². The number of benzene rings is 1. The normalized spacial score (nSPS) is 12.1. The smallest absolute Gasteiger partial charge is 0.331 e. The molecule has 1 aromatic carbocycles. The van der Waals surface area contributed by atoms with Crippen molar-refractivity contribution in [1.82, 2.24) is 0 Å². The number of para-hydroxylation sites is 1. The molecule has 0 radical (unpaired) electrons. The topological polar surface area (TPSA) is 59.8 Å². The molecule has 0 aliphatic heterocycles. The lowest BCUT2D eigenvalue weighted by Crippen LogP contribution is -2.37. The lowest BCUT2D eigenvalue weighted by atomic mass is 10.2. The summed E-state index contributed by atoms with van der Waals surface area (Å²) in [5.41, 5.74) is 0.733. The molecule has 0 aliphatic carbocycles. The number of carbonyl (C=O) groups excluding carboxylic acids is 2. The molecule has 2 aromatic rings. The van der Waals surface area contributed by atoms with Gasteiger partial charge in [0.2, 0.25) is 0 Å². The van der Waals surface area contributed by atoms with Gasteiger partial charge in [0, 0.05) is 18.8 Å². The predicted octanol–water partition coefficient (Wildman–Crippen LogP) is 3.65. The van der Waals surface area contributed by atoms with Crippen LogP contribution in [0.2, 0.25) is 0 Å². The number of esters is 1. The van der Waals surface area contributed by atoms with Gasteiger partial charge >= 0.3 is 5.97 Å². The minimum Gasteiger partial charge on any atom is -0.450 e. The fraction of sp³-hybridized carbons (Fsp3) is 0.176. The van der Waals surface area contributed by atoms with Crippen LogP contribution in [-0.2, 0) is 14.3 Å². The number of furan rings is 1. The fourth-order valence-electron chi connectivity index (χ4n) is 1.88. The first-order valence-corrected chi connectivity index (χ1v) is 7.73. The molecule has 0 fully saturated rings. The van der Waals surface area contributed by atoms with Crippen LogP contribution in [0.1, 0.15) is 12.7 Å². The zero-order chi connectivity index (χ0) is 16.8. The van der Waals surface area contributed by atoms with Crippen molar-refractivity contribution in [3.8, 4) is 0 Å². The number of amides is 1. The summed E-state index contributed by atoms with van der Waals surface area (Å²) in [4.78, 5) is 25.5. The summed E-state index contributed by atoms with van der Waals surface area (Å²) in [6.45, 7) is 1.54. The van der Waals surface area contributed by atoms with Gasteiger partial charge in [-0.05, 0) is 53.2 Å². The second-order valence-electron chi connectivity index (χ2n) is 4.79. The van der Waals surface area contributed by atoms with Crippen molar-refractivity contribution in [2.24, 2.45) is 0 Å². The Balaban J connectivity index is 1.92. The number of rotatable bonds is 5. The molecule has 0 N–H and O–H groups in total. The van der Waals surface area contributed by atoms with Crippen LogP contribution >= 0.6 is 15.9 Å². The highest BCUT2D eigenvalue weighted by Gasteiger charge is 2.21. The molecule has 0 unspecified atom stereocenters. The second-order valence-corrected chi connectivity index (χ2v) is 5.57. The summed E-state index contributed by atoms with van der Waals surface area (Å²) in [7, 11) is 1.64. The molecule has 0 saturated heterocycles. The van der Waals surface area contributed by atoms with Gasteiger partial charge in [0.1, 0.15) is 5.76 Å². The Bertz CT molecular complexity index is 708. The zero-order valence-electron chi connectivity index (χ0n) is 12.7. The first kappa shape index (κ1) is 17.0. The number of ether oxygens (including phenoxy) is 1. The molecule has 6 heteroatoms. The largest absolute Gasteiger partial charge is 0.450 e. The molecule has 23 heavy (non-hydrogen) atoms. The highest BCUT2D eigenvalue weighted by molar-refractivity contribution is 9.10. The second kappa shape index (κ2) is 7.78. The molecule has 1 atom stereocenters. The zero-order valence-corrected chi connectivity index (χ0v) is 14.3. The lowest BCUT2D eigenvalue weighted by Gasteiger charge is -2.21. The lowest BCUT2D eigenvalue weighted by molar-refractivity contribution is -0.148. The maximum Gasteiger partial charge on any atom is 0.331 e. The molecule has 0 saturated carbocycles. The van der Waals surface area contributed by atoms with Gasteiger partial charge in [0.15, 0.2) is 10.8 Å². The Kier molecular flexibility index (Phi) is 5.76. The molecule has 0 spiro atoms. The van der Waals surface area contributed by atoms with E-state index in [4.69, 9.17) is 9.15 Å². The van der Waals surface area contributed by atoms with E-state index in [1.54, 1.807) is 31.3 Å². The highest BCUT2D eigenvalue weighted by atomic mass is 79.9. The van der Waals surface area contributed by atoms with Crippen molar-refractivity contribution in [1.29, 1.82) is 0 Å². The van der Waals surface area contributed by atoms with E-state index in [2.05, 4.69) is 15.9 Å². The van der Waals surface area contributed by atoms with Crippen LogP contribution in [0.25, 0.3) is 6.08 Å².